The quantitative estimate of drug-likeness (QED) is 0.365. The number of para-hydroxylation sites is 2. The number of thiophene rings is 1. The van der Waals surface area contributed by atoms with Crippen LogP contribution in [0.2, 0.25) is 0 Å². The second-order valence-corrected chi connectivity index (χ2v) is 9.78. The van der Waals surface area contributed by atoms with Gasteiger partial charge in [-0.3, -0.25) is 9.59 Å². The van der Waals surface area contributed by atoms with Gasteiger partial charge >= 0.3 is 0 Å². The maximum absolute atomic E-state index is 13.3. The molecule has 6 nitrogen and oxygen atoms in total. The molecule has 4 aromatic rings. The van der Waals surface area contributed by atoms with Crippen molar-refractivity contribution >= 4 is 39.9 Å². The number of nitrogens with zero attached hydrogens (tertiary/aromatic N) is 2. The van der Waals surface area contributed by atoms with Gasteiger partial charge in [0.25, 0.3) is 0 Å². The number of aromatic nitrogens is 2. The van der Waals surface area contributed by atoms with E-state index in [-0.39, 0.29) is 23.8 Å². The summed E-state index contributed by atoms with van der Waals surface area (Å²) in [5, 5.41) is 5.13. The van der Waals surface area contributed by atoms with Crippen molar-refractivity contribution in [3.05, 3.63) is 82.3 Å². The normalized spacial score (nSPS) is 18.4. The highest BCUT2D eigenvalue weighted by Gasteiger charge is 2.41. The van der Waals surface area contributed by atoms with E-state index in [1.807, 2.05) is 77.9 Å². The number of hydrogen-bond donors (Lipinski definition) is 2. The van der Waals surface area contributed by atoms with Gasteiger partial charge in [-0.15, -0.1) is 11.3 Å². The van der Waals surface area contributed by atoms with Crippen molar-refractivity contribution in [3.63, 3.8) is 0 Å². The Balaban J connectivity index is 1.28. The fourth-order valence-electron chi connectivity index (χ4n) is 4.68. The number of rotatable bonds is 7. The fourth-order valence-corrected chi connectivity index (χ4v) is 5.56. The molecule has 5 rings (SSSR count). The Morgan fingerprint density at radius 2 is 1.97 bits per heavy atom. The van der Waals surface area contributed by atoms with E-state index in [2.05, 4.69) is 15.3 Å². The number of benzene rings is 2. The average Bonchev–Trinajstić information content (AvgIpc) is 3.52. The van der Waals surface area contributed by atoms with Gasteiger partial charge in [0.15, 0.2) is 0 Å². The highest BCUT2D eigenvalue weighted by molar-refractivity contribution is 7.10. The lowest BCUT2D eigenvalue weighted by Gasteiger charge is -2.40. The molecule has 1 aliphatic rings. The summed E-state index contributed by atoms with van der Waals surface area (Å²) in [7, 11) is 0. The standard InChI is InChI=1S/C27H28N4O2S/c1-18-10-12-19(13-11-18)31-25(32)15-14-20(26(31)23-8-5-17-34-23)27(33)28-16-4-9-24-29-21-6-2-3-7-22(21)30-24/h2-3,5-8,10-13,17,20,26H,4,9,14-16H2,1H3,(H,28,33)(H,29,30). The molecule has 34 heavy (non-hydrogen) atoms. The van der Waals surface area contributed by atoms with Crippen LogP contribution in [0.5, 0.6) is 0 Å². The van der Waals surface area contributed by atoms with Crippen molar-refractivity contribution in [2.75, 3.05) is 11.4 Å². The molecule has 2 atom stereocenters. The minimum atomic E-state index is -0.292. The lowest BCUT2D eigenvalue weighted by Crippen LogP contribution is -2.48. The molecule has 1 fully saturated rings. The van der Waals surface area contributed by atoms with Crippen LogP contribution in [0.15, 0.2) is 66.0 Å². The number of anilines is 1. The number of aromatic amines is 1. The molecule has 2 amide bonds. The molecule has 0 saturated carbocycles. The van der Waals surface area contributed by atoms with E-state index in [0.717, 1.165) is 45.8 Å². The van der Waals surface area contributed by atoms with Gasteiger partial charge in [0.1, 0.15) is 5.82 Å². The lowest BCUT2D eigenvalue weighted by atomic mass is 9.86. The topological polar surface area (TPSA) is 78.1 Å². The van der Waals surface area contributed by atoms with Crippen molar-refractivity contribution in [1.29, 1.82) is 0 Å². The second kappa shape index (κ2) is 9.81. The average molecular weight is 473 g/mol. The fraction of sp³-hybridized carbons (Fsp3) is 0.296. The maximum atomic E-state index is 13.3. The summed E-state index contributed by atoms with van der Waals surface area (Å²) in [4.78, 5) is 37.2. The van der Waals surface area contributed by atoms with Crippen LogP contribution in [0.3, 0.4) is 0 Å². The van der Waals surface area contributed by atoms with Crippen molar-refractivity contribution < 1.29 is 9.59 Å². The van der Waals surface area contributed by atoms with E-state index in [4.69, 9.17) is 0 Å². The van der Waals surface area contributed by atoms with Crippen molar-refractivity contribution in [2.45, 2.75) is 38.6 Å². The Morgan fingerprint density at radius 3 is 2.74 bits per heavy atom. The second-order valence-electron chi connectivity index (χ2n) is 8.80. The molecule has 0 bridgehead atoms. The van der Waals surface area contributed by atoms with Gasteiger partial charge < -0.3 is 15.2 Å². The zero-order chi connectivity index (χ0) is 23.5. The molecule has 0 radical (unpaired) electrons. The Bertz CT molecular complexity index is 1250. The number of hydrogen-bond acceptors (Lipinski definition) is 4. The number of piperidine rings is 1. The van der Waals surface area contributed by atoms with Crippen molar-refractivity contribution in [1.82, 2.24) is 15.3 Å². The molecule has 2 aromatic carbocycles. The smallest absolute Gasteiger partial charge is 0.227 e. The van der Waals surface area contributed by atoms with Crippen molar-refractivity contribution in [2.24, 2.45) is 5.92 Å². The molecule has 0 spiro atoms. The van der Waals surface area contributed by atoms with Gasteiger partial charge in [-0.1, -0.05) is 35.9 Å². The number of carbonyl (C=O) groups excluding carboxylic acids is 2. The van der Waals surface area contributed by atoms with Crippen LogP contribution in [0.4, 0.5) is 5.69 Å². The monoisotopic (exact) mass is 472 g/mol. The summed E-state index contributed by atoms with van der Waals surface area (Å²) in [6.45, 7) is 2.60. The number of H-pyrrole nitrogens is 1. The zero-order valence-corrected chi connectivity index (χ0v) is 20.0. The van der Waals surface area contributed by atoms with E-state index >= 15 is 0 Å². The molecule has 2 aromatic heterocycles. The summed E-state index contributed by atoms with van der Waals surface area (Å²) in [6, 6.07) is 19.7. The third-order valence-corrected chi connectivity index (χ3v) is 7.35. The Labute approximate surface area is 203 Å². The lowest BCUT2D eigenvalue weighted by molar-refractivity contribution is -0.129. The number of carbonyl (C=O) groups is 2. The highest BCUT2D eigenvalue weighted by atomic mass is 32.1. The summed E-state index contributed by atoms with van der Waals surface area (Å²) in [6.07, 6.45) is 2.48. The molecule has 174 valence electrons. The Hall–Kier alpha value is -3.45. The number of fused-ring (bicyclic) bond motifs is 1. The predicted molar refractivity (Wildman–Crippen MR) is 136 cm³/mol. The SMILES string of the molecule is Cc1ccc(N2C(=O)CCC(C(=O)NCCCc3nc4ccccc4[nH]3)C2c2cccs2)cc1. The molecule has 2 unspecified atom stereocenters. The van der Waals surface area contributed by atoms with Gasteiger partial charge in [0, 0.05) is 30.0 Å². The molecule has 0 aliphatic carbocycles. The van der Waals surface area contributed by atoms with Gasteiger partial charge in [0.2, 0.25) is 11.8 Å². The van der Waals surface area contributed by atoms with Crippen LogP contribution < -0.4 is 10.2 Å². The zero-order valence-electron chi connectivity index (χ0n) is 19.2. The van der Waals surface area contributed by atoms with Crippen LogP contribution >= 0.6 is 11.3 Å². The van der Waals surface area contributed by atoms with E-state index in [1.165, 1.54) is 0 Å². The van der Waals surface area contributed by atoms with Crippen molar-refractivity contribution in [3.8, 4) is 0 Å². The minimum Gasteiger partial charge on any atom is -0.356 e. The van der Waals surface area contributed by atoms with Gasteiger partial charge in [-0.05, 0) is 55.5 Å². The van der Waals surface area contributed by atoms with Crippen LogP contribution in [0.1, 0.15) is 41.6 Å². The molecule has 2 N–H and O–H groups in total. The first-order valence-corrected chi connectivity index (χ1v) is 12.6. The highest BCUT2D eigenvalue weighted by Crippen LogP contribution is 2.41. The van der Waals surface area contributed by atoms with Gasteiger partial charge in [-0.2, -0.15) is 0 Å². The van der Waals surface area contributed by atoms with Crippen LogP contribution in [0.25, 0.3) is 11.0 Å². The Morgan fingerprint density at radius 1 is 1.15 bits per heavy atom. The molecule has 3 heterocycles. The minimum absolute atomic E-state index is 0.00705. The maximum Gasteiger partial charge on any atom is 0.227 e. The summed E-state index contributed by atoms with van der Waals surface area (Å²) >= 11 is 1.60. The van der Waals surface area contributed by atoms with Crippen LogP contribution in [-0.2, 0) is 16.0 Å². The first-order valence-electron chi connectivity index (χ1n) is 11.7. The molecular weight excluding hydrogens is 444 g/mol. The number of nitrogens with one attached hydrogen (secondary N) is 2. The third kappa shape index (κ3) is 4.61. The summed E-state index contributed by atoms with van der Waals surface area (Å²) in [5.74, 6) is 0.716. The summed E-state index contributed by atoms with van der Waals surface area (Å²) in [5.41, 5.74) is 3.97. The molecule has 7 heteroatoms. The largest absolute Gasteiger partial charge is 0.356 e. The van der Waals surface area contributed by atoms with E-state index in [1.54, 1.807) is 11.3 Å². The van der Waals surface area contributed by atoms with Gasteiger partial charge in [0.05, 0.1) is 23.0 Å². The van der Waals surface area contributed by atoms with Crippen LogP contribution in [-0.4, -0.2) is 28.3 Å². The van der Waals surface area contributed by atoms with Crippen LogP contribution in [0, 0.1) is 12.8 Å². The third-order valence-electron chi connectivity index (χ3n) is 6.41. The number of imidazole rings is 1. The van der Waals surface area contributed by atoms with E-state index < -0.39 is 0 Å². The van der Waals surface area contributed by atoms with E-state index in [0.29, 0.717) is 19.4 Å². The number of amides is 2. The molecule has 1 saturated heterocycles. The predicted octanol–water partition coefficient (Wildman–Crippen LogP) is 5.17. The summed E-state index contributed by atoms with van der Waals surface area (Å²) < 4.78 is 0. The first kappa shape index (κ1) is 22.3. The molecular formula is C27H28N4O2S. The first-order chi connectivity index (χ1) is 16.6. The van der Waals surface area contributed by atoms with E-state index in [9.17, 15) is 9.59 Å². The molecule has 1 aliphatic heterocycles. The number of aryl methyl sites for hydroxylation is 2. The Kier molecular flexibility index (Phi) is 6.45. The van der Waals surface area contributed by atoms with Gasteiger partial charge in [-0.25, -0.2) is 4.98 Å².